The maximum Gasteiger partial charge on any atom is 0.343 e. The minimum absolute atomic E-state index is 0.0767. The topological polar surface area (TPSA) is 93.2 Å². The predicted molar refractivity (Wildman–Crippen MR) is 169 cm³/mol. The van der Waals surface area contributed by atoms with Gasteiger partial charge in [0.25, 0.3) is 0 Å². The molecule has 1 saturated heterocycles. The molecule has 228 valence electrons. The summed E-state index contributed by atoms with van der Waals surface area (Å²) in [6.45, 7) is -7.49. The first-order chi connectivity index (χ1) is 23.6. The Balaban J connectivity index is 1.62. The minimum atomic E-state index is -4.02. The lowest BCUT2D eigenvalue weighted by molar-refractivity contribution is -0.0881. The first kappa shape index (κ1) is 24.1. The van der Waals surface area contributed by atoms with Gasteiger partial charge in [0.15, 0.2) is 0 Å². The molecule has 0 bridgehead atoms. The van der Waals surface area contributed by atoms with E-state index in [4.69, 9.17) is 17.7 Å². The Bertz CT molecular complexity index is 1880. The van der Waals surface area contributed by atoms with Crippen LogP contribution in [-0.2, 0) is 26.1 Å². The van der Waals surface area contributed by atoms with E-state index in [0.717, 1.165) is 0 Å². The fraction of sp³-hybridized carbons (Fsp3) is 0.257. The Morgan fingerprint density at radius 1 is 0.864 bits per heavy atom. The van der Waals surface area contributed by atoms with Crippen LogP contribution in [-0.4, -0.2) is 63.1 Å². The molecule has 8 nitrogen and oxygen atoms in total. The van der Waals surface area contributed by atoms with Gasteiger partial charge in [0.1, 0.15) is 11.4 Å². The van der Waals surface area contributed by atoms with Gasteiger partial charge in [-0.3, -0.25) is 0 Å². The third-order valence-electron chi connectivity index (χ3n) is 7.63. The lowest BCUT2D eigenvalue weighted by Crippen LogP contribution is -2.56. The number of hydrogen-bond acceptors (Lipinski definition) is 7. The van der Waals surface area contributed by atoms with Crippen molar-refractivity contribution in [2.75, 3.05) is 33.6 Å². The van der Waals surface area contributed by atoms with E-state index in [9.17, 15) is 18.0 Å². The molecule has 2 atom stereocenters. The zero-order valence-electron chi connectivity index (χ0n) is 29.8. The highest BCUT2D eigenvalue weighted by Crippen LogP contribution is 2.44. The molecule has 1 aliphatic rings. The van der Waals surface area contributed by atoms with Crippen LogP contribution in [0.4, 0.5) is 0 Å². The normalized spacial score (nSPS) is 21.5. The fourth-order valence-electron chi connectivity index (χ4n) is 5.47. The molecule has 0 N–H and O–H groups in total. The number of benzene rings is 4. The molecule has 44 heavy (non-hydrogen) atoms. The smallest absolute Gasteiger partial charge is 0.343 e. The van der Waals surface area contributed by atoms with Crippen molar-refractivity contribution in [3.63, 3.8) is 0 Å². The van der Waals surface area contributed by atoms with Gasteiger partial charge in [0.05, 0.1) is 16.9 Å². The van der Waals surface area contributed by atoms with Crippen LogP contribution in [0.2, 0.25) is 0 Å². The molecule has 5 rings (SSSR count). The van der Waals surface area contributed by atoms with Crippen molar-refractivity contribution < 1.29 is 35.7 Å². The van der Waals surface area contributed by atoms with Crippen LogP contribution in [0.3, 0.4) is 0 Å². The number of nitrogens with zero attached hydrogens (tertiary/aromatic N) is 2. The highest BCUT2D eigenvalue weighted by molar-refractivity contribution is 7.88. The van der Waals surface area contributed by atoms with Gasteiger partial charge in [-0.05, 0) is 61.5 Å². The molecule has 1 fully saturated rings. The predicted octanol–water partition coefficient (Wildman–Crippen LogP) is 5.37. The van der Waals surface area contributed by atoms with Crippen LogP contribution >= 0.6 is 0 Å². The number of rotatable bonds is 10. The number of carbonyl (C=O) groups excluding carboxylic acids is 2. The molecule has 4 aromatic rings. The Labute approximate surface area is 267 Å². The summed E-state index contributed by atoms with van der Waals surface area (Å²) in [4.78, 5) is 27.1. The molecule has 0 amide bonds. The van der Waals surface area contributed by atoms with Gasteiger partial charge < -0.3 is 14.4 Å². The van der Waals surface area contributed by atoms with Crippen molar-refractivity contribution in [2.45, 2.75) is 17.8 Å². The fourth-order valence-corrected chi connectivity index (χ4v) is 7.04. The molecule has 0 spiro atoms. The monoisotopic (exact) mass is 618 g/mol. The molecule has 4 aromatic carbocycles. The summed E-state index contributed by atoms with van der Waals surface area (Å²) in [7, 11) is -4.02. The zero-order valence-corrected chi connectivity index (χ0v) is 24.7. The van der Waals surface area contributed by atoms with E-state index in [1.54, 1.807) is 91.0 Å². The SMILES string of the molecule is [2H]C([2H])([2H])N(C[C@@H]1CN(S(=O)(=O)Cc2ccccc2)CC[C@@]1(OC(=O)c1ccccc1)c1cccc(OC(=O)c2ccccc2)c1)C([2H])([2H])[2H]. The summed E-state index contributed by atoms with van der Waals surface area (Å²) in [6, 6.07) is 30.9. The van der Waals surface area contributed by atoms with Crippen molar-refractivity contribution in [1.82, 2.24) is 9.21 Å². The van der Waals surface area contributed by atoms with Crippen molar-refractivity contribution in [3.8, 4) is 5.75 Å². The van der Waals surface area contributed by atoms with E-state index in [1.165, 1.54) is 28.6 Å². The Morgan fingerprint density at radius 3 is 2.11 bits per heavy atom. The number of ether oxygens (including phenoxy) is 2. The first-order valence-electron chi connectivity index (χ1n) is 17.0. The first-order valence-corrected chi connectivity index (χ1v) is 15.7. The Hall–Kier alpha value is -4.31. The Kier molecular flexibility index (Phi) is 7.41. The lowest BCUT2D eigenvalue weighted by Gasteiger charge is -2.47. The summed E-state index contributed by atoms with van der Waals surface area (Å²) in [5.74, 6) is -2.96. The number of carbonyl (C=O) groups is 2. The van der Waals surface area contributed by atoms with Crippen molar-refractivity contribution >= 4 is 22.0 Å². The van der Waals surface area contributed by atoms with Crippen molar-refractivity contribution in [2.24, 2.45) is 5.92 Å². The molecular formula is C35H36N2O6S. The summed E-state index contributed by atoms with van der Waals surface area (Å²) >= 11 is 0. The molecule has 9 heteroatoms. The average Bonchev–Trinajstić information content (AvgIpc) is 3.07. The molecule has 0 radical (unpaired) electrons. The lowest BCUT2D eigenvalue weighted by atomic mass is 9.75. The van der Waals surface area contributed by atoms with Gasteiger partial charge >= 0.3 is 11.9 Å². The molecule has 0 saturated carbocycles. The second-order valence-electron chi connectivity index (χ2n) is 10.6. The van der Waals surface area contributed by atoms with E-state index >= 15 is 0 Å². The highest BCUT2D eigenvalue weighted by Gasteiger charge is 2.50. The largest absolute Gasteiger partial charge is 0.450 e. The summed E-state index contributed by atoms with van der Waals surface area (Å²) < 4.78 is 89.3. The van der Waals surface area contributed by atoms with Crippen LogP contribution < -0.4 is 4.74 Å². The third kappa shape index (κ3) is 7.24. The summed E-state index contributed by atoms with van der Waals surface area (Å²) in [5, 5.41) is 0. The van der Waals surface area contributed by atoms with Gasteiger partial charge in [-0.15, -0.1) is 0 Å². The number of sulfonamides is 1. The van der Waals surface area contributed by atoms with Gasteiger partial charge in [-0.1, -0.05) is 78.9 Å². The van der Waals surface area contributed by atoms with Gasteiger partial charge in [0.2, 0.25) is 10.0 Å². The quantitative estimate of drug-likeness (QED) is 0.174. The maximum absolute atomic E-state index is 13.8. The van der Waals surface area contributed by atoms with Crippen LogP contribution in [0.5, 0.6) is 5.75 Å². The molecule has 0 aromatic heterocycles. The van der Waals surface area contributed by atoms with Crippen LogP contribution in [0.15, 0.2) is 115 Å². The average molecular weight is 619 g/mol. The third-order valence-corrected chi connectivity index (χ3v) is 9.45. The van der Waals surface area contributed by atoms with E-state index in [1.807, 2.05) is 0 Å². The number of hydrogen-bond donors (Lipinski definition) is 0. The van der Waals surface area contributed by atoms with Gasteiger partial charge in [-0.2, -0.15) is 0 Å². The second kappa shape index (κ2) is 13.5. The van der Waals surface area contributed by atoms with E-state index in [0.29, 0.717) is 10.5 Å². The van der Waals surface area contributed by atoms with Crippen molar-refractivity contribution in [1.29, 1.82) is 0 Å². The standard InChI is InChI=1S/C35H36N2O6S/c1-36(2)24-31-25-37(44(40,41)26-27-13-6-3-7-14-27)22-21-35(31,43-34(39)29-17-10-5-11-18-29)30-19-12-20-32(23-30)42-33(38)28-15-8-4-9-16-28/h3-20,23,31H,21-22,24-26H2,1-2H3/t31-,35-/m1/s1/i1D3,2D3. The van der Waals surface area contributed by atoms with Crippen molar-refractivity contribution in [3.05, 3.63) is 138 Å². The molecule has 0 aliphatic carbocycles. The van der Waals surface area contributed by atoms with Gasteiger partial charge in [-0.25, -0.2) is 22.3 Å². The van der Waals surface area contributed by atoms with Crippen LogP contribution in [0, 0.1) is 5.92 Å². The van der Waals surface area contributed by atoms with E-state index < -0.39 is 54.0 Å². The molecule has 1 heterocycles. The maximum atomic E-state index is 13.8. The second-order valence-corrected chi connectivity index (χ2v) is 12.6. The zero-order chi connectivity index (χ0) is 36.2. The molecule has 0 unspecified atom stereocenters. The summed E-state index contributed by atoms with van der Waals surface area (Å²) in [6.07, 6.45) is -0.170. The van der Waals surface area contributed by atoms with Crippen LogP contribution in [0.25, 0.3) is 0 Å². The van der Waals surface area contributed by atoms with E-state index in [-0.39, 0.29) is 47.7 Å². The highest BCUT2D eigenvalue weighted by atomic mass is 32.2. The molecular weight excluding hydrogens is 576 g/mol. The van der Waals surface area contributed by atoms with Crippen LogP contribution in [0.1, 0.15) is 46.5 Å². The number of esters is 2. The Morgan fingerprint density at radius 2 is 1.48 bits per heavy atom. The minimum Gasteiger partial charge on any atom is -0.450 e. The molecule has 1 aliphatic heterocycles. The summed E-state index contributed by atoms with van der Waals surface area (Å²) in [5.41, 5.74) is -0.531. The van der Waals surface area contributed by atoms with E-state index in [2.05, 4.69) is 0 Å². The number of piperidine rings is 1. The van der Waals surface area contributed by atoms with Gasteiger partial charge in [0, 0.05) is 40.2 Å².